The van der Waals surface area contributed by atoms with Gasteiger partial charge in [0, 0.05) is 0 Å². The van der Waals surface area contributed by atoms with Crippen LogP contribution in [0.25, 0.3) is 0 Å². The first-order chi connectivity index (χ1) is 9.19. The molecule has 19 heavy (non-hydrogen) atoms. The Bertz CT molecular complexity index is 653. The molecule has 94 valence electrons. The fourth-order valence-electron chi connectivity index (χ4n) is 1.30. The second kappa shape index (κ2) is 5.98. The third kappa shape index (κ3) is 3.53. The van der Waals surface area contributed by atoms with Crippen molar-refractivity contribution in [2.24, 2.45) is 5.10 Å². The van der Waals surface area contributed by atoms with E-state index in [9.17, 15) is 4.79 Å². The summed E-state index contributed by atoms with van der Waals surface area (Å²) < 4.78 is 5.55. The lowest BCUT2D eigenvalue weighted by Crippen LogP contribution is -2.16. The van der Waals surface area contributed by atoms with Crippen molar-refractivity contribution in [1.29, 1.82) is 5.26 Å². The van der Waals surface area contributed by atoms with E-state index in [0.717, 1.165) is 5.56 Å². The molecule has 0 saturated heterocycles. The fraction of sp³-hybridized carbons (Fsp3) is 0. The zero-order chi connectivity index (χ0) is 13.7. The Labute approximate surface area is 117 Å². The van der Waals surface area contributed by atoms with E-state index >= 15 is 0 Å². The Morgan fingerprint density at radius 3 is 2.63 bits per heavy atom. The first-order valence-electron chi connectivity index (χ1n) is 5.28. The van der Waals surface area contributed by atoms with E-state index < -0.39 is 5.91 Å². The first-order valence-corrected chi connectivity index (χ1v) is 6.07. The van der Waals surface area contributed by atoms with E-state index in [1.807, 2.05) is 6.07 Å². The van der Waals surface area contributed by atoms with Gasteiger partial charge < -0.3 is 4.42 Å². The van der Waals surface area contributed by atoms with Gasteiger partial charge in [-0.15, -0.1) is 0 Å². The molecule has 1 amide bonds. The molecule has 0 atom stereocenters. The fourth-order valence-corrected chi connectivity index (χ4v) is 1.61. The smallest absolute Gasteiger partial charge is 0.307 e. The van der Waals surface area contributed by atoms with Gasteiger partial charge >= 0.3 is 5.91 Å². The summed E-state index contributed by atoms with van der Waals surface area (Å²) in [6, 6.07) is 12.0. The number of carbonyl (C=O) groups is 1. The number of nitrogens with zero attached hydrogens (tertiary/aromatic N) is 2. The average molecular weight is 318 g/mol. The first kappa shape index (κ1) is 13.1. The lowest BCUT2D eigenvalue weighted by molar-refractivity contribution is 0.0926. The standard InChI is InChI=1S/C13H8BrN3O2/c14-12-6-5-11(19-12)13(18)17-16-8-10-3-1-9(7-15)2-4-10/h1-6,8H,(H,17,18). The largest absolute Gasteiger partial charge is 0.444 e. The van der Waals surface area contributed by atoms with Crippen LogP contribution < -0.4 is 5.43 Å². The molecule has 6 heteroatoms. The minimum Gasteiger partial charge on any atom is -0.444 e. The molecule has 0 radical (unpaired) electrons. The molecule has 1 aromatic carbocycles. The van der Waals surface area contributed by atoms with Crippen LogP contribution in [0.4, 0.5) is 0 Å². The maximum atomic E-state index is 11.6. The molecule has 5 nitrogen and oxygen atoms in total. The second-order valence-corrected chi connectivity index (χ2v) is 4.32. The van der Waals surface area contributed by atoms with E-state index in [0.29, 0.717) is 10.2 Å². The molecule has 1 aromatic heterocycles. The maximum absolute atomic E-state index is 11.6. The van der Waals surface area contributed by atoms with Gasteiger partial charge in [-0.2, -0.15) is 10.4 Å². The van der Waals surface area contributed by atoms with Crippen LogP contribution in [0.2, 0.25) is 0 Å². The third-order valence-electron chi connectivity index (χ3n) is 2.22. The molecule has 0 aliphatic rings. The van der Waals surface area contributed by atoms with Crippen LogP contribution in [0.5, 0.6) is 0 Å². The summed E-state index contributed by atoms with van der Waals surface area (Å²) in [6.45, 7) is 0. The van der Waals surface area contributed by atoms with E-state index in [1.54, 1.807) is 30.3 Å². The highest BCUT2D eigenvalue weighted by Crippen LogP contribution is 2.13. The van der Waals surface area contributed by atoms with Crippen LogP contribution in [0.3, 0.4) is 0 Å². The van der Waals surface area contributed by atoms with Crippen molar-refractivity contribution in [2.45, 2.75) is 0 Å². The molecule has 1 N–H and O–H groups in total. The van der Waals surface area contributed by atoms with Gasteiger partial charge in [0.2, 0.25) is 0 Å². The van der Waals surface area contributed by atoms with Crippen molar-refractivity contribution in [3.05, 3.63) is 58.0 Å². The SMILES string of the molecule is N#Cc1ccc(C=NNC(=O)c2ccc(Br)o2)cc1. The summed E-state index contributed by atoms with van der Waals surface area (Å²) in [5, 5.41) is 12.5. The van der Waals surface area contributed by atoms with Crippen molar-refractivity contribution in [3.63, 3.8) is 0 Å². The van der Waals surface area contributed by atoms with Crippen LogP contribution in [0.1, 0.15) is 21.7 Å². The molecule has 0 aliphatic heterocycles. The monoisotopic (exact) mass is 317 g/mol. The van der Waals surface area contributed by atoms with Gasteiger partial charge in [-0.25, -0.2) is 5.43 Å². The van der Waals surface area contributed by atoms with Gasteiger partial charge in [0.15, 0.2) is 10.4 Å². The Morgan fingerprint density at radius 2 is 2.05 bits per heavy atom. The lowest BCUT2D eigenvalue weighted by Gasteiger charge is -1.95. The summed E-state index contributed by atoms with van der Waals surface area (Å²) in [5.74, 6) is -0.264. The number of furan rings is 1. The highest BCUT2D eigenvalue weighted by Gasteiger charge is 2.08. The number of rotatable bonds is 3. The Balaban J connectivity index is 1.96. The number of carbonyl (C=O) groups excluding carboxylic acids is 1. The highest BCUT2D eigenvalue weighted by atomic mass is 79.9. The minimum atomic E-state index is -0.435. The van der Waals surface area contributed by atoms with Gasteiger partial charge in [0.25, 0.3) is 0 Å². The zero-order valence-corrected chi connectivity index (χ0v) is 11.2. The lowest BCUT2D eigenvalue weighted by atomic mass is 10.2. The number of hydrazone groups is 1. The molecule has 0 spiro atoms. The molecule has 0 unspecified atom stereocenters. The van der Waals surface area contributed by atoms with Crippen LogP contribution >= 0.6 is 15.9 Å². The van der Waals surface area contributed by atoms with E-state index in [4.69, 9.17) is 9.68 Å². The van der Waals surface area contributed by atoms with E-state index in [-0.39, 0.29) is 5.76 Å². The zero-order valence-electron chi connectivity index (χ0n) is 9.63. The Kier molecular flexibility index (Phi) is 4.11. The van der Waals surface area contributed by atoms with Gasteiger partial charge in [-0.3, -0.25) is 4.79 Å². The number of benzene rings is 1. The van der Waals surface area contributed by atoms with Crippen LogP contribution in [-0.2, 0) is 0 Å². The number of nitriles is 1. The summed E-state index contributed by atoms with van der Waals surface area (Å²) in [4.78, 5) is 11.6. The third-order valence-corrected chi connectivity index (χ3v) is 2.64. The van der Waals surface area contributed by atoms with Gasteiger partial charge in [-0.1, -0.05) is 12.1 Å². The minimum absolute atomic E-state index is 0.170. The number of halogens is 1. The highest BCUT2D eigenvalue weighted by molar-refractivity contribution is 9.10. The summed E-state index contributed by atoms with van der Waals surface area (Å²) in [7, 11) is 0. The number of nitrogens with one attached hydrogen (secondary N) is 1. The van der Waals surface area contributed by atoms with Crippen molar-refractivity contribution in [2.75, 3.05) is 0 Å². The Hall–Kier alpha value is -2.39. The molecule has 0 fully saturated rings. The van der Waals surface area contributed by atoms with Crippen LogP contribution in [0, 0.1) is 11.3 Å². The number of amides is 1. The second-order valence-electron chi connectivity index (χ2n) is 3.54. The van der Waals surface area contributed by atoms with Crippen molar-refractivity contribution in [3.8, 4) is 6.07 Å². The van der Waals surface area contributed by atoms with E-state index in [2.05, 4.69) is 26.5 Å². The normalized spacial score (nSPS) is 10.3. The van der Waals surface area contributed by atoms with Crippen molar-refractivity contribution in [1.82, 2.24) is 5.43 Å². The summed E-state index contributed by atoms with van der Waals surface area (Å²) >= 11 is 3.11. The molecule has 0 saturated carbocycles. The average Bonchev–Trinajstić information content (AvgIpc) is 2.86. The number of hydrogen-bond acceptors (Lipinski definition) is 4. The molecular weight excluding hydrogens is 310 g/mol. The Morgan fingerprint density at radius 1 is 1.32 bits per heavy atom. The van der Waals surface area contributed by atoms with Gasteiger partial charge in [-0.05, 0) is 45.8 Å². The number of hydrogen-bond donors (Lipinski definition) is 1. The topological polar surface area (TPSA) is 78.4 Å². The van der Waals surface area contributed by atoms with Crippen LogP contribution in [-0.4, -0.2) is 12.1 Å². The van der Waals surface area contributed by atoms with Crippen LogP contribution in [0.15, 0.2) is 50.6 Å². The predicted octanol–water partition coefficient (Wildman–Crippen LogP) is 2.68. The van der Waals surface area contributed by atoms with Crippen molar-refractivity contribution < 1.29 is 9.21 Å². The van der Waals surface area contributed by atoms with Gasteiger partial charge in [0.05, 0.1) is 17.8 Å². The predicted molar refractivity (Wildman–Crippen MR) is 72.6 cm³/mol. The summed E-state index contributed by atoms with van der Waals surface area (Å²) in [5.41, 5.74) is 3.69. The quantitative estimate of drug-likeness (QED) is 0.698. The molecule has 2 aromatic rings. The molecule has 0 bridgehead atoms. The molecular formula is C13H8BrN3O2. The maximum Gasteiger partial charge on any atom is 0.307 e. The summed E-state index contributed by atoms with van der Waals surface area (Å²) in [6.07, 6.45) is 1.48. The van der Waals surface area contributed by atoms with Gasteiger partial charge in [0.1, 0.15) is 0 Å². The molecule has 1 heterocycles. The van der Waals surface area contributed by atoms with Crippen molar-refractivity contribution >= 4 is 28.1 Å². The molecule has 2 rings (SSSR count). The molecule has 0 aliphatic carbocycles. The van der Waals surface area contributed by atoms with E-state index in [1.165, 1.54) is 12.3 Å².